The van der Waals surface area contributed by atoms with Crippen molar-refractivity contribution >= 4 is 34.1 Å². The fourth-order valence-electron chi connectivity index (χ4n) is 2.21. The minimum Gasteiger partial charge on any atom is -0.296 e. The molecule has 1 heterocycles. The Morgan fingerprint density at radius 3 is 2.48 bits per heavy atom. The lowest BCUT2D eigenvalue weighted by molar-refractivity contribution is -0.137. The van der Waals surface area contributed by atoms with Crippen LogP contribution in [0, 0.1) is 6.92 Å². The molecular formula is C18H14F3N3OS2. The number of halogens is 3. The highest BCUT2D eigenvalue weighted by Gasteiger charge is 2.30. The highest BCUT2D eigenvalue weighted by molar-refractivity contribution is 8.00. The van der Waals surface area contributed by atoms with Crippen LogP contribution in [0.3, 0.4) is 0 Å². The predicted molar refractivity (Wildman–Crippen MR) is 100 cm³/mol. The van der Waals surface area contributed by atoms with Crippen molar-refractivity contribution in [3.63, 3.8) is 0 Å². The second-order valence-electron chi connectivity index (χ2n) is 5.62. The first kappa shape index (κ1) is 19.4. The van der Waals surface area contributed by atoms with E-state index < -0.39 is 17.6 Å². The summed E-state index contributed by atoms with van der Waals surface area (Å²) in [6, 6.07) is 12.0. The van der Waals surface area contributed by atoms with Crippen molar-refractivity contribution in [3.8, 4) is 0 Å². The predicted octanol–water partition coefficient (Wildman–Crippen LogP) is 5.41. The summed E-state index contributed by atoms with van der Waals surface area (Å²) in [5, 5.41) is 10.8. The second-order valence-corrected chi connectivity index (χ2v) is 7.82. The smallest absolute Gasteiger partial charge is 0.296 e. The first-order chi connectivity index (χ1) is 12.8. The Kier molecular flexibility index (Phi) is 5.81. The van der Waals surface area contributed by atoms with E-state index in [9.17, 15) is 18.0 Å². The number of nitrogens with zero attached hydrogens (tertiary/aromatic N) is 2. The number of benzene rings is 2. The van der Waals surface area contributed by atoms with Crippen LogP contribution in [-0.2, 0) is 11.9 Å². The van der Waals surface area contributed by atoms with Crippen molar-refractivity contribution in [2.24, 2.45) is 0 Å². The number of nitrogens with one attached hydrogen (secondary N) is 1. The highest BCUT2D eigenvalue weighted by Crippen LogP contribution is 2.30. The minimum absolute atomic E-state index is 0.118. The van der Waals surface area contributed by atoms with E-state index in [-0.39, 0.29) is 5.56 Å². The van der Waals surface area contributed by atoms with Crippen molar-refractivity contribution in [3.05, 3.63) is 70.8 Å². The molecule has 1 N–H and O–H groups in total. The van der Waals surface area contributed by atoms with E-state index in [0.717, 1.165) is 30.0 Å². The Balaban J connectivity index is 1.60. The van der Waals surface area contributed by atoms with E-state index in [0.29, 0.717) is 9.47 Å². The minimum atomic E-state index is -4.43. The summed E-state index contributed by atoms with van der Waals surface area (Å²) in [6.07, 6.45) is -4.43. The fraction of sp³-hybridized carbons (Fsp3) is 0.167. The molecule has 0 saturated heterocycles. The van der Waals surface area contributed by atoms with Crippen LogP contribution in [0.1, 0.15) is 27.0 Å². The lowest BCUT2D eigenvalue weighted by Gasteiger charge is -2.07. The number of thioether (sulfide) groups is 1. The molecule has 1 amide bonds. The number of carbonyl (C=O) groups is 1. The maximum Gasteiger partial charge on any atom is 0.416 e. The average Bonchev–Trinajstić information content (AvgIpc) is 3.08. The maximum absolute atomic E-state index is 12.6. The summed E-state index contributed by atoms with van der Waals surface area (Å²) in [6.45, 7) is 2.03. The molecule has 3 aromatic rings. The molecule has 1 aromatic heterocycles. The molecule has 0 saturated carbocycles. The van der Waals surface area contributed by atoms with Gasteiger partial charge >= 0.3 is 6.18 Å². The molecule has 4 nitrogen and oxygen atoms in total. The van der Waals surface area contributed by atoms with Gasteiger partial charge in [-0.2, -0.15) is 13.2 Å². The summed E-state index contributed by atoms with van der Waals surface area (Å²) in [7, 11) is 0. The van der Waals surface area contributed by atoms with Crippen LogP contribution in [0.25, 0.3) is 0 Å². The molecule has 0 bridgehead atoms. The lowest BCUT2D eigenvalue weighted by atomic mass is 10.1. The maximum atomic E-state index is 12.6. The van der Waals surface area contributed by atoms with Crippen molar-refractivity contribution in [1.82, 2.24) is 10.2 Å². The van der Waals surface area contributed by atoms with Crippen LogP contribution in [0.5, 0.6) is 0 Å². The number of hydrogen-bond donors (Lipinski definition) is 1. The van der Waals surface area contributed by atoms with E-state index in [1.165, 1.54) is 34.2 Å². The van der Waals surface area contributed by atoms with Crippen molar-refractivity contribution in [2.75, 3.05) is 5.32 Å². The van der Waals surface area contributed by atoms with Gasteiger partial charge in [-0.25, -0.2) is 0 Å². The zero-order valence-electron chi connectivity index (χ0n) is 14.1. The third kappa shape index (κ3) is 5.08. The zero-order valence-corrected chi connectivity index (χ0v) is 15.7. The third-order valence-corrected chi connectivity index (χ3v) is 5.73. The summed E-state index contributed by atoms with van der Waals surface area (Å²) in [5.41, 5.74) is 1.69. The summed E-state index contributed by atoms with van der Waals surface area (Å²) in [4.78, 5) is 12.1. The van der Waals surface area contributed by atoms with Gasteiger partial charge in [-0.15, -0.1) is 10.2 Å². The second kappa shape index (κ2) is 8.10. The lowest BCUT2D eigenvalue weighted by Crippen LogP contribution is -2.12. The number of carbonyl (C=O) groups excluding carboxylic acids is 1. The van der Waals surface area contributed by atoms with Gasteiger partial charge < -0.3 is 0 Å². The first-order valence-electron chi connectivity index (χ1n) is 7.82. The van der Waals surface area contributed by atoms with Gasteiger partial charge in [0.05, 0.1) is 5.56 Å². The Bertz CT molecular complexity index is 940. The fourth-order valence-corrected chi connectivity index (χ4v) is 4.03. The Morgan fingerprint density at radius 2 is 1.81 bits per heavy atom. The molecule has 0 spiro atoms. The van der Waals surface area contributed by atoms with Gasteiger partial charge in [0, 0.05) is 11.3 Å². The molecule has 27 heavy (non-hydrogen) atoms. The molecule has 3 rings (SSSR count). The Morgan fingerprint density at radius 1 is 1.11 bits per heavy atom. The van der Waals surface area contributed by atoms with Crippen LogP contribution in [0.15, 0.2) is 52.9 Å². The zero-order chi connectivity index (χ0) is 19.4. The van der Waals surface area contributed by atoms with Crippen molar-refractivity contribution in [1.29, 1.82) is 0 Å². The van der Waals surface area contributed by atoms with E-state index in [1.54, 1.807) is 0 Å². The number of hydrogen-bond acceptors (Lipinski definition) is 5. The quantitative estimate of drug-likeness (QED) is 0.452. The summed E-state index contributed by atoms with van der Waals surface area (Å²) < 4.78 is 38.4. The van der Waals surface area contributed by atoms with Gasteiger partial charge in [0.15, 0.2) is 4.34 Å². The van der Waals surface area contributed by atoms with Gasteiger partial charge in [0.25, 0.3) is 5.91 Å². The van der Waals surface area contributed by atoms with Crippen LogP contribution in [-0.4, -0.2) is 16.1 Å². The molecule has 0 radical (unpaired) electrons. The third-order valence-electron chi connectivity index (χ3n) is 3.71. The summed E-state index contributed by atoms with van der Waals surface area (Å²) >= 11 is 2.72. The molecule has 0 fully saturated rings. The average molecular weight is 409 g/mol. The molecule has 0 aliphatic rings. The molecule has 0 aliphatic carbocycles. The van der Waals surface area contributed by atoms with Crippen molar-refractivity contribution < 1.29 is 18.0 Å². The number of alkyl halides is 3. The van der Waals surface area contributed by atoms with Gasteiger partial charge in [-0.1, -0.05) is 47.4 Å². The number of aryl methyl sites for hydroxylation is 1. The Labute approximate surface area is 161 Å². The Hall–Kier alpha value is -2.39. The molecule has 0 unspecified atom stereocenters. The monoisotopic (exact) mass is 409 g/mol. The van der Waals surface area contributed by atoms with Gasteiger partial charge in [-0.3, -0.25) is 10.1 Å². The molecule has 140 valence electrons. The van der Waals surface area contributed by atoms with Crippen LogP contribution in [0.2, 0.25) is 0 Å². The standard InChI is InChI=1S/C18H14F3N3OS2/c1-11-4-2-3-5-13(11)10-26-17-24-23-16(27-17)22-15(25)12-6-8-14(9-7-12)18(19,20)21/h2-9H,10H2,1H3,(H,22,23,25). The number of anilines is 1. The van der Waals surface area contributed by atoms with E-state index in [4.69, 9.17) is 0 Å². The van der Waals surface area contributed by atoms with E-state index in [1.807, 2.05) is 31.2 Å². The van der Waals surface area contributed by atoms with Crippen LogP contribution < -0.4 is 5.32 Å². The SMILES string of the molecule is Cc1ccccc1CSc1nnc(NC(=O)c2ccc(C(F)(F)F)cc2)s1. The molecule has 0 atom stereocenters. The van der Waals surface area contributed by atoms with Crippen LogP contribution >= 0.6 is 23.1 Å². The molecular weight excluding hydrogens is 395 g/mol. The number of aromatic nitrogens is 2. The highest BCUT2D eigenvalue weighted by atomic mass is 32.2. The first-order valence-corrected chi connectivity index (χ1v) is 9.62. The molecule has 0 aliphatic heterocycles. The van der Waals surface area contributed by atoms with E-state index >= 15 is 0 Å². The largest absolute Gasteiger partial charge is 0.416 e. The normalized spacial score (nSPS) is 11.4. The van der Waals surface area contributed by atoms with Gasteiger partial charge in [0.2, 0.25) is 5.13 Å². The van der Waals surface area contributed by atoms with Crippen LogP contribution in [0.4, 0.5) is 18.3 Å². The number of amides is 1. The topological polar surface area (TPSA) is 54.9 Å². The van der Waals surface area contributed by atoms with Crippen molar-refractivity contribution in [2.45, 2.75) is 23.2 Å². The van der Waals surface area contributed by atoms with E-state index in [2.05, 4.69) is 15.5 Å². The van der Waals surface area contributed by atoms with Gasteiger partial charge in [0.1, 0.15) is 0 Å². The number of rotatable bonds is 5. The molecule has 9 heteroatoms. The van der Waals surface area contributed by atoms with Gasteiger partial charge in [-0.05, 0) is 42.3 Å². The summed E-state index contributed by atoms with van der Waals surface area (Å²) in [5.74, 6) is 0.198. The molecule has 2 aromatic carbocycles.